The molecule has 0 radical (unpaired) electrons. The summed E-state index contributed by atoms with van der Waals surface area (Å²) in [7, 11) is 0. The smallest absolute Gasteiger partial charge is 0.191 e. The van der Waals surface area contributed by atoms with Gasteiger partial charge in [-0.2, -0.15) is 0 Å². The third kappa shape index (κ3) is 1.87. The standard InChI is InChI=1S/C8H5Br2NOS/c1-4-11-3-6(12-4)5-2-7(9)13-8(5)10/h2-3H,1H3. The molecule has 2 nitrogen and oxygen atoms in total. The molecule has 0 fully saturated rings. The third-order valence-electron chi connectivity index (χ3n) is 1.54. The molecule has 0 aromatic carbocycles. The maximum Gasteiger partial charge on any atom is 0.191 e. The van der Waals surface area contributed by atoms with Gasteiger partial charge in [-0.1, -0.05) is 0 Å². The summed E-state index contributed by atoms with van der Waals surface area (Å²) in [6.07, 6.45) is 1.73. The Kier molecular flexibility index (Phi) is 2.58. The van der Waals surface area contributed by atoms with Gasteiger partial charge in [0.25, 0.3) is 0 Å². The molecule has 0 aliphatic carbocycles. The van der Waals surface area contributed by atoms with E-state index >= 15 is 0 Å². The van der Waals surface area contributed by atoms with E-state index in [1.54, 1.807) is 17.5 Å². The minimum atomic E-state index is 0.684. The Labute approximate surface area is 96.2 Å². The molecule has 0 amide bonds. The van der Waals surface area contributed by atoms with Gasteiger partial charge in [0.15, 0.2) is 11.7 Å². The van der Waals surface area contributed by atoms with Crippen molar-refractivity contribution in [2.24, 2.45) is 0 Å². The fraction of sp³-hybridized carbons (Fsp3) is 0.125. The Morgan fingerprint density at radius 2 is 2.23 bits per heavy atom. The minimum absolute atomic E-state index is 0.684. The molecule has 68 valence electrons. The second-order valence-corrected chi connectivity index (χ2v) is 6.23. The number of hydrogen-bond acceptors (Lipinski definition) is 3. The predicted molar refractivity (Wildman–Crippen MR) is 60.0 cm³/mol. The molecule has 0 saturated carbocycles. The number of aryl methyl sites for hydroxylation is 1. The highest BCUT2D eigenvalue weighted by Gasteiger charge is 2.11. The van der Waals surface area contributed by atoms with Gasteiger partial charge >= 0.3 is 0 Å². The van der Waals surface area contributed by atoms with Crippen molar-refractivity contribution in [2.45, 2.75) is 6.92 Å². The van der Waals surface area contributed by atoms with Crippen LogP contribution in [-0.2, 0) is 0 Å². The van der Waals surface area contributed by atoms with Gasteiger partial charge in [-0.25, -0.2) is 4.98 Å². The predicted octanol–water partition coefficient (Wildman–Crippen LogP) is 4.24. The van der Waals surface area contributed by atoms with E-state index in [0.717, 1.165) is 18.9 Å². The summed E-state index contributed by atoms with van der Waals surface area (Å²) in [5, 5.41) is 0. The molecule has 0 aliphatic rings. The molecule has 13 heavy (non-hydrogen) atoms. The second-order valence-electron chi connectivity index (χ2n) is 2.48. The van der Waals surface area contributed by atoms with E-state index < -0.39 is 0 Å². The van der Waals surface area contributed by atoms with Crippen LogP contribution in [0.15, 0.2) is 24.3 Å². The van der Waals surface area contributed by atoms with Crippen molar-refractivity contribution in [1.29, 1.82) is 0 Å². The summed E-state index contributed by atoms with van der Waals surface area (Å²) < 4.78 is 7.53. The highest BCUT2D eigenvalue weighted by Crippen LogP contribution is 2.38. The Morgan fingerprint density at radius 1 is 1.46 bits per heavy atom. The SMILES string of the molecule is Cc1ncc(-c2cc(Br)sc2Br)o1. The van der Waals surface area contributed by atoms with Crippen LogP contribution in [0.25, 0.3) is 11.3 Å². The molecule has 0 atom stereocenters. The average molecular weight is 323 g/mol. The zero-order valence-electron chi connectivity index (χ0n) is 6.67. The van der Waals surface area contributed by atoms with Crippen molar-refractivity contribution in [1.82, 2.24) is 4.98 Å². The number of halogens is 2. The molecule has 0 N–H and O–H groups in total. The fourth-order valence-electron chi connectivity index (χ4n) is 0.994. The highest BCUT2D eigenvalue weighted by molar-refractivity contribution is 9.12. The van der Waals surface area contributed by atoms with E-state index in [2.05, 4.69) is 36.8 Å². The van der Waals surface area contributed by atoms with E-state index in [1.165, 1.54) is 0 Å². The molecular formula is C8H5Br2NOS. The first kappa shape index (κ1) is 9.43. The van der Waals surface area contributed by atoms with Crippen molar-refractivity contribution in [2.75, 3.05) is 0 Å². The van der Waals surface area contributed by atoms with Crippen LogP contribution in [-0.4, -0.2) is 4.98 Å². The van der Waals surface area contributed by atoms with Crippen LogP contribution < -0.4 is 0 Å². The van der Waals surface area contributed by atoms with E-state index in [-0.39, 0.29) is 0 Å². The third-order valence-corrected chi connectivity index (χ3v) is 3.88. The van der Waals surface area contributed by atoms with Gasteiger partial charge in [0, 0.05) is 12.5 Å². The van der Waals surface area contributed by atoms with Gasteiger partial charge in [-0.3, -0.25) is 0 Å². The van der Waals surface area contributed by atoms with Crippen LogP contribution in [0.5, 0.6) is 0 Å². The number of nitrogens with zero attached hydrogens (tertiary/aromatic N) is 1. The molecule has 0 aliphatic heterocycles. The molecule has 5 heteroatoms. The zero-order chi connectivity index (χ0) is 9.42. The Hall–Kier alpha value is -0.130. The van der Waals surface area contributed by atoms with Crippen LogP contribution in [0, 0.1) is 6.92 Å². The number of rotatable bonds is 1. The minimum Gasteiger partial charge on any atom is -0.441 e. The van der Waals surface area contributed by atoms with Crippen LogP contribution in [0.3, 0.4) is 0 Å². The van der Waals surface area contributed by atoms with E-state index in [4.69, 9.17) is 4.42 Å². The maximum absolute atomic E-state index is 5.41. The van der Waals surface area contributed by atoms with Crippen molar-refractivity contribution in [3.8, 4) is 11.3 Å². The molecule has 0 spiro atoms. The fourth-order valence-corrected chi connectivity index (χ4v) is 3.81. The van der Waals surface area contributed by atoms with E-state index in [9.17, 15) is 0 Å². The quantitative estimate of drug-likeness (QED) is 0.785. The van der Waals surface area contributed by atoms with Gasteiger partial charge in [-0.15, -0.1) is 11.3 Å². The first-order chi connectivity index (χ1) is 6.16. The number of aromatic nitrogens is 1. The van der Waals surface area contributed by atoms with Crippen molar-refractivity contribution >= 4 is 43.2 Å². The summed E-state index contributed by atoms with van der Waals surface area (Å²) in [5.74, 6) is 1.48. The summed E-state index contributed by atoms with van der Waals surface area (Å²) in [6, 6.07) is 2.01. The van der Waals surface area contributed by atoms with Crippen LogP contribution >= 0.6 is 43.2 Å². The molecule has 2 aromatic heterocycles. The topological polar surface area (TPSA) is 26.0 Å². The molecular weight excluding hydrogens is 318 g/mol. The Bertz CT molecular complexity index is 435. The largest absolute Gasteiger partial charge is 0.441 e. The molecule has 2 rings (SSSR count). The summed E-state index contributed by atoms with van der Waals surface area (Å²) in [6.45, 7) is 1.83. The monoisotopic (exact) mass is 321 g/mol. The normalized spacial score (nSPS) is 10.7. The van der Waals surface area contributed by atoms with Crippen LogP contribution in [0.2, 0.25) is 0 Å². The molecule has 0 bridgehead atoms. The number of thiophene rings is 1. The van der Waals surface area contributed by atoms with Gasteiger partial charge < -0.3 is 4.42 Å². The van der Waals surface area contributed by atoms with Gasteiger partial charge in [0.1, 0.15) is 0 Å². The molecule has 0 saturated heterocycles. The first-order valence-corrected chi connectivity index (χ1v) is 5.94. The van der Waals surface area contributed by atoms with Crippen molar-refractivity contribution in [3.63, 3.8) is 0 Å². The zero-order valence-corrected chi connectivity index (χ0v) is 10.7. The second kappa shape index (κ2) is 3.55. The number of oxazole rings is 1. The van der Waals surface area contributed by atoms with Crippen molar-refractivity contribution in [3.05, 3.63) is 25.7 Å². The maximum atomic E-state index is 5.41. The van der Waals surface area contributed by atoms with E-state index in [0.29, 0.717) is 5.89 Å². The molecule has 0 unspecified atom stereocenters. The lowest BCUT2D eigenvalue weighted by atomic mass is 10.3. The van der Waals surface area contributed by atoms with Gasteiger partial charge in [-0.05, 0) is 37.9 Å². The number of hydrogen-bond donors (Lipinski definition) is 0. The molecule has 2 aromatic rings. The first-order valence-electron chi connectivity index (χ1n) is 3.54. The van der Waals surface area contributed by atoms with Crippen LogP contribution in [0.4, 0.5) is 0 Å². The summed E-state index contributed by atoms with van der Waals surface area (Å²) in [5.41, 5.74) is 1.04. The molecule has 2 heterocycles. The lowest BCUT2D eigenvalue weighted by Gasteiger charge is -1.89. The Morgan fingerprint density at radius 3 is 2.69 bits per heavy atom. The van der Waals surface area contributed by atoms with Crippen molar-refractivity contribution < 1.29 is 4.42 Å². The lowest BCUT2D eigenvalue weighted by molar-refractivity contribution is 0.534. The summed E-state index contributed by atoms with van der Waals surface area (Å²) >= 11 is 8.50. The van der Waals surface area contributed by atoms with Crippen LogP contribution in [0.1, 0.15) is 5.89 Å². The van der Waals surface area contributed by atoms with Gasteiger partial charge in [0.2, 0.25) is 0 Å². The Balaban J connectivity index is 2.51. The lowest BCUT2D eigenvalue weighted by Crippen LogP contribution is -1.66. The summed E-state index contributed by atoms with van der Waals surface area (Å²) in [4.78, 5) is 4.05. The van der Waals surface area contributed by atoms with Gasteiger partial charge in [0.05, 0.1) is 13.8 Å². The average Bonchev–Trinajstić information content (AvgIpc) is 2.58. The highest BCUT2D eigenvalue weighted by atomic mass is 79.9. The van der Waals surface area contributed by atoms with E-state index in [1.807, 2.05) is 13.0 Å².